The Morgan fingerprint density at radius 3 is 2.55 bits per heavy atom. The fourth-order valence-corrected chi connectivity index (χ4v) is 1.94. The Labute approximate surface area is 119 Å². The molecule has 0 saturated carbocycles. The van der Waals surface area contributed by atoms with Gasteiger partial charge in [-0.2, -0.15) is 0 Å². The van der Waals surface area contributed by atoms with E-state index in [-0.39, 0.29) is 0 Å². The highest BCUT2D eigenvalue weighted by molar-refractivity contribution is 5.25. The molecular formula is C16H21N3O. The summed E-state index contributed by atoms with van der Waals surface area (Å²) in [4.78, 5) is 8.56. The monoisotopic (exact) mass is 271 g/mol. The SMILES string of the molecule is Cc1cnc(CNC(C)CCc2ccc(O)cc2)cn1. The lowest BCUT2D eigenvalue weighted by Crippen LogP contribution is -2.26. The molecule has 2 aromatic rings. The van der Waals surface area contributed by atoms with E-state index in [9.17, 15) is 5.11 Å². The molecule has 0 spiro atoms. The van der Waals surface area contributed by atoms with Gasteiger partial charge in [0.25, 0.3) is 0 Å². The van der Waals surface area contributed by atoms with Crippen molar-refractivity contribution in [3.05, 3.63) is 53.6 Å². The van der Waals surface area contributed by atoms with Crippen LogP contribution < -0.4 is 5.32 Å². The van der Waals surface area contributed by atoms with Crippen molar-refractivity contribution in [3.63, 3.8) is 0 Å². The quantitative estimate of drug-likeness (QED) is 0.848. The van der Waals surface area contributed by atoms with Crippen LogP contribution in [0.25, 0.3) is 0 Å². The van der Waals surface area contributed by atoms with Crippen LogP contribution in [-0.2, 0) is 13.0 Å². The van der Waals surface area contributed by atoms with E-state index in [1.165, 1.54) is 5.56 Å². The summed E-state index contributed by atoms with van der Waals surface area (Å²) in [6, 6.07) is 7.80. The van der Waals surface area contributed by atoms with Gasteiger partial charge in [-0.25, -0.2) is 0 Å². The fourth-order valence-electron chi connectivity index (χ4n) is 1.94. The normalized spacial score (nSPS) is 12.3. The Morgan fingerprint density at radius 2 is 1.90 bits per heavy atom. The van der Waals surface area contributed by atoms with E-state index < -0.39 is 0 Å². The molecule has 1 unspecified atom stereocenters. The molecular weight excluding hydrogens is 250 g/mol. The molecule has 106 valence electrons. The van der Waals surface area contributed by atoms with Crippen LogP contribution in [0.2, 0.25) is 0 Å². The molecule has 1 aromatic carbocycles. The standard InChI is InChI=1S/C16H21N3O/c1-12(3-4-14-5-7-16(20)8-6-14)17-10-15-11-18-13(2)9-19-15/h5-9,11-12,17,20H,3-4,10H2,1-2H3. The number of hydrogen-bond donors (Lipinski definition) is 2. The molecule has 1 atom stereocenters. The van der Waals surface area contributed by atoms with Crippen molar-refractivity contribution >= 4 is 0 Å². The van der Waals surface area contributed by atoms with E-state index in [4.69, 9.17) is 0 Å². The molecule has 4 heteroatoms. The number of aromatic hydroxyl groups is 1. The van der Waals surface area contributed by atoms with Crippen LogP contribution in [-0.4, -0.2) is 21.1 Å². The third-order valence-corrected chi connectivity index (χ3v) is 3.27. The highest BCUT2D eigenvalue weighted by atomic mass is 16.3. The Hall–Kier alpha value is -1.94. The maximum absolute atomic E-state index is 9.24. The molecule has 1 heterocycles. The number of hydrogen-bond acceptors (Lipinski definition) is 4. The number of aromatic nitrogens is 2. The number of phenols is 1. The zero-order valence-electron chi connectivity index (χ0n) is 12.0. The van der Waals surface area contributed by atoms with Crippen LogP contribution in [0, 0.1) is 6.92 Å². The molecule has 2 rings (SSSR count). The predicted octanol–water partition coefficient (Wildman–Crippen LogP) is 2.60. The summed E-state index contributed by atoms with van der Waals surface area (Å²) in [5.74, 6) is 0.317. The van der Waals surface area contributed by atoms with Crippen LogP contribution >= 0.6 is 0 Å². The maximum atomic E-state index is 9.24. The summed E-state index contributed by atoms with van der Waals surface area (Å²) in [7, 11) is 0. The lowest BCUT2D eigenvalue weighted by Gasteiger charge is -2.13. The van der Waals surface area contributed by atoms with Crippen LogP contribution in [0.4, 0.5) is 0 Å². The van der Waals surface area contributed by atoms with Gasteiger partial charge in [-0.05, 0) is 44.4 Å². The molecule has 0 saturated heterocycles. The van der Waals surface area contributed by atoms with E-state index in [0.717, 1.165) is 30.8 Å². The number of aryl methyl sites for hydroxylation is 2. The lowest BCUT2D eigenvalue weighted by molar-refractivity contribution is 0.474. The third-order valence-electron chi connectivity index (χ3n) is 3.27. The summed E-state index contributed by atoms with van der Waals surface area (Å²) in [6.45, 7) is 4.84. The van der Waals surface area contributed by atoms with Crippen molar-refractivity contribution in [1.29, 1.82) is 0 Å². The minimum atomic E-state index is 0.317. The summed E-state index contributed by atoms with van der Waals surface area (Å²) in [6.07, 6.45) is 5.64. The molecule has 0 aliphatic rings. The van der Waals surface area contributed by atoms with Gasteiger partial charge >= 0.3 is 0 Å². The predicted molar refractivity (Wildman–Crippen MR) is 79.5 cm³/mol. The van der Waals surface area contributed by atoms with Gasteiger partial charge in [0.2, 0.25) is 0 Å². The van der Waals surface area contributed by atoms with Crippen molar-refractivity contribution in [2.24, 2.45) is 0 Å². The first-order valence-electron chi connectivity index (χ1n) is 6.92. The van der Waals surface area contributed by atoms with Gasteiger partial charge < -0.3 is 10.4 Å². The number of phenolic OH excluding ortho intramolecular Hbond substituents is 1. The lowest BCUT2D eigenvalue weighted by atomic mass is 10.1. The molecule has 1 aromatic heterocycles. The van der Waals surface area contributed by atoms with Crippen molar-refractivity contribution in [2.45, 2.75) is 39.3 Å². The second kappa shape index (κ2) is 7.01. The van der Waals surface area contributed by atoms with Gasteiger partial charge in [0, 0.05) is 25.0 Å². The average Bonchev–Trinajstić information content (AvgIpc) is 2.46. The second-order valence-electron chi connectivity index (χ2n) is 5.14. The van der Waals surface area contributed by atoms with E-state index in [0.29, 0.717) is 11.8 Å². The van der Waals surface area contributed by atoms with Gasteiger partial charge in [-0.15, -0.1) is 0 Å². The first-order chi connectivity index (χ1) is 9.63. The molecule has 0 aliphatic carbocycles. The summed E-state index contributed by atoms with van der Waals surface area (Å²) in [5, 5.41) is 12.7. The minimum Gasteiger partial charge on any atom is -0.508 e. The Morgan fingerprint density at radius 1 is 1.15 bits per heavy atom. The maximum Gasteiger partial charge on any atom is 0.115 e. The molecule has 0 aliphatic heterocycles. The molecule has 20 heavy (non-hydrogen) atoms. The molecule has 4 nitrogen and oxygen atoms in total. The average molecular weight is 271 g/mol. The van der Waals surface area contributed by atoms with E-state index in [1.807, 2.05) is 25.3 Å². The van der Waals surface area contributed by atoms with Crippen molar-refractivity contribution in [1.82, 2.24) is 15.3 Å². The molecule has 0 fully saturated rings. The Balaban J connectivity index is 1.73. The fraction of sp³-hybridized carbons (Fsp3) is 0.375. The van der Waals surface area contributed by atoms with Crippen LogP contribution in [0.1, 0.15) is 30.3 Å². The zero-order valence-corrected chi connectivity index (χ0v) is 12.0. The number of nitrogens with one attached hydrogen (secondary N) is 1. The van der Waals surface area contributed by atoms with Gasteiger partial charge in [0.1, 0.15) is 5.75 Å². The van der Waals surface area contributed by atoms with Gasteiger partial charge in [-0.3, -0.25) is 9.97 Å². The molecule has 0 amide bonds. The second-order valence-corrected chi connectivity index (χ2v) is 5.14. The summed E-state index contributed by atoms with van der Waals surface area (Å²) in [5.41, 5.74) is 3.15. The highest BCUT2D eigenvalue weighted by Gasteiger charge is 2.03. The molecule has 0 radical (unpaired) electrons. The van der Waals surface area contributed by atoms with E-state index in [2.05, 4.69) is 22.2 Å². The van der Waals surface area contributed by atoms with Gasteiger partial charge in [-0.1, -0.05) is 12.1 Å². The number of rotatable bonds is 6. The van der Waals surface area contributed by atoms with Crippen LogP contribution in [0.3, 0.4) is 0 Å². The molecule has 0 bridgehead atoms. The van der Waals surface area contributed by atoms with Crippen LogP contribution in [0.15, 0.2) is 36.7 Å². The Kier molecular flexibility index (Phi) is 5.07. The summed E-state index contributed by atoms with van der Waals surface area (Å²) >= 11 is 0. The van der Waals surface area contributed by atoms with Crippen molar-refractivity contribution in [2.75, 3.05) is 0 Å². The number of nitrogens with zero attached hydrogens (tertiary/aromatic N) is 2. The van der Waals surface area contributed by atoms with E-state index >= 15 is 0 Å². The van der Waals surface area contributed by atoms with Crippen molar-refractivity contribution < 1.29 is 5.11 Å². The minimum absolute atomic E-state index is 0.317. The topological polar surface area (TPSA) is 58.0 Å². The van der Waals surface area contributed by atoms with E-state index in [1.54, 1.807) is 18.3 Å². The summed E-state index contributed by atoms with van der Waals surface area (Å²) < 4.78 is 0. The zero-order chi connectivity index (χ0) is 14.4. The van der Waals surface area contributed by atoms with Gasteiger partial charge in [0.05, 0.1) is 11.4 Å². The smallest absolute Gasteiger partial charge is 0.115 e. The van der Waals surface area contributed by atoms with Crippen molar-refractivity contribution in [3.8, 4) is 5.75 Å². The first-order valence-corrected chi connectivity index (χ1v) is 6.92. The van der Waals surface area contributed by atoms with Crippen LogP contribution in [0.5, 0.6) is 5.75 Å². The Bertz CT molecular complexity index is 473. The third kappa shape index (κ3) is 4.63. The molecule has 2 N–H and O–H groups in total. The largest absolute Gasteiger partial charge is 0.508 e. The number of benzene rings is 1. The van der Waals surface area contributed by atoms with Gasteiger partial charge in [0.15, 0.2) is 0 Å². The first kappa shape index (κ1) is 14.5. The highest BCUT2D eigenvalue weighted by Crippen LogP contribution is 2.12.